The Morgan fingerprint density at radius 2 is 2.07 bits per heavy atom. The number of ether oxygens (including phenoxy) is 3. The van der Waals surface area contributed by atoms with Crippen LogP contribution in [0.25, 0.3) is 31.8 Å². The largest absolute Gasteiger partial charge is 0.484 e. The van der Waals surface area contributed by atoms with Gasteiger partial charge in [-0.2, -0.15) is 0 Å². The van der Waals surface area contributed by atoms with Crippen LogP contribution in [0.15, 0.2) is 24.4 Å². The van der Waals surface area contributed by atoms with Crippen LogP contribution in [0, 0.1) is 13.8 Å². The fourth-order valence-electron chi connectivity index (χ4n) is 3.46. The lowest BCUT2D eigenvalue weighted by atomic mass is 10.1. The summed E-state index contributed by atoms with van der Waals surface area (Å²) in [7, 11) is 1.52. The van der Waals surface area contributed by atoms with Crippen molar-refractivity contribution in [3.63, 3.8) is 0 Å². The van der Waals surface area contributed by atoms with Crippen molar-refractivity contribution in [1.82, 2.24) is 15.0 Å². The van der Waals surface area contributed by atoms with E-state index in [2.05, 4.69) is 21.9 Å². The Morgan fingerprint density at radius 3 is 2.83 bits per heavy atom. The molecule has 2 aromatic heterocycles. The average Bonchev–Trinajstić information content (AvgIpc) is 3.16. The van der Waals surface area contributed by atoms with E-state index in [4.69, 9.17) is 14.2 Å². The van der Waals surface area contributed by atoms with Crippen LogP contribution in [0.1, 0.15) is 17.6 Å². The van der Waals surface area contributed by atoms with Crippen LogP contribution in [-0.4, -0.2) is 34.8 Å². The predicted molar refractivity (Wildman–Crippen MR) is 110 cm³/mol. The van der Waals surface area contributed by atoms with E-state index in [1.165, 1.54) is 30.7 Å². The molecule has 0 unspecified atom stereocenters. The van der Waals surface area contributed by atoms with Crippen molar-refractivity contribution in [2.75, 3.05) is 13.7 Å². The topological polar surface area (TPSA) is 66.4 Å². The third-order valence-corrected chi connectivity index (χ3v) is 5.86. The Labute approximate surface area is 174 Å². The molecule has 1 aliphatic rings. The first-order valence-corrected chi connectivity index (χ1v) is 9.96. The summed E-state index contributed by atoms with van der Waals surface area (Å²) < 4.78 is 44.7. The maximum absolute atomic E-state index is 13.8. The summed E-state index contributed by atoms with van der Waals surface area (Å²) in [6, 6.07) is 5.10. The lowest BCUT2D eigenvalue weighted by Crippen LogP contribution is -2.26. The Morgan fingerprint density at radius 1 is 1.23 bits per heavy atom. The number of aryl methyl sites for hydroxylation is 1. The summed E-state index contributed by atoms with van der Waals surface area (Å²) in [5.74, 6) is 1.08. The van der Waals surface area contributed by atoms with Gasteiger partial charge in [0.05, 0.1) is 29.9 Å². The highest BCUT2D eigenvalue weighted by molar-refractivity contribution is 7.22. The van der Waals surface area contributed by atoms with Crippen molar-refractivity contribution in [2.45, 2.75) is 19.5 Å². The zero-order chi connectivity index (χ0) is 21.0. The van der Waals surface area contributed by atoms with Crippen LogP contribution in [0.3, 0.4) is 0 Å². The Hall–Kier alpha value is -3.07. The van der Waals surface area contributed by atoms with Crippen LogP contribution < -0.4 is 14.2 Å². The molecule has 1 radical (unpaired) electrons. The number of nitrogens with zero attached hydrogens (tertiary/aromatic N) is 3. The maximum Gasteiger partial charge on any atom is 0.266 e. The van der Waals surface area contributed by atoms with E-state index in [9.17, 15) is 8.78 Å². The standard InChI is InChI=1S/C21H16F2N3O3S/c1-9-4-12(16-13(5-9)25-15(27-3)7-24-16)21-26-17-11(20(22)23)6-14-18(19(17)30-21)28-8-10(2)29-14/h4-7,10,20H,2,8H2,1,3H3/t10-/m1/s1. The summed E-state index contributed by atoms with van der Waals surface area (Å²) in [5.41, 5.74) is 2.90. The minimum atomic E-state index is -2.71. The van der Waals surface area contributed by atoms with Crippen molar-refractivity contribution in [1.29, 1.82) is 0 Å². The molecule has 5 rings (SSSR count). The molecule has 6 nitrogen and oxygen atoms in total. The molecule has 30 heavy (non-hydrogen) atoms. The number of halogens is 2. The Bertz CT molecular complexity index is 1290. The minimum absolute atomic E-state index is 0.200. The van der Waals surface area contributed by atoms with Gasteiger partial charge in [-0.25, -0.2) is 23.7 Å². The third kappa shape index (κ3) is 3.00. The van der Waals surface area contributed by atoms with E-state index in [1.807, 2.05) is 19.1 Å². The van der Waals surface area contributed by atoms with Gasteiger partial charge in [-0.05, 0) is 37.6 Å². The van der Waals surface area contributed by atoms with Gasteiger partial charge in [0.15, 0.2) is 11.5 Å². The smallest absolute Gasteiger partial charge is 0.266 e. The molecule has 3 heterocycles. The number of rotatable bonds is 3. The number of fused-ring (bicyclic) bond motifs is 4. The number of thiazole rings is 1. The van der Waals surface area contributed by atoms with Gasteiger partial charge < -0.3 is 14.2 Å². The minimum Gasteiger partial charge on any atom is -0.484 e. The molecule has 0 aliphatic carbocycles. The molecule has 1 aliphatic heterocycles. The zero-order valence-electron chi connectivity index (χ0n) is 16.1. The molecule has 2 aromatic carbocycles. The van der Waals surface area contributed by atoms with E-state index in [-0.39, 0.29) is 23.4 Å². The molecule has 0 saturated heterocycles. The number of aromatic nitrogens is 3. The van der Waals surface area contributed by atoms with Crippen LogP contribution in [0.4, 0.5) is 8.78 Å². The van der Waals surface area contributed by atoms with Crippen molar-refractivity contribution < 1.29 is 23.0 Å². The average molecular weight is 428 g/mol. The summed E-state index contributed by atoms with van der Waals surface area (Å²) in [5, 5.41) is 0.550. The summed E-state index contributed by atoms with van der Waals surface area (Å²) in [4.78, 5) is 13.5. The van der Waals surface area contributed by atoms with E-state index < -0.39 is 12.5 Å². The van der Waals surface area contributed by atoms with Crippen LogP contribution >= 0.6 is 11.3 Å². The summed E-state index contributed by atoms with van der Waals surface area (Å²) >= 11 is 1.26. The van der Waals surface area contributed by atoms with Crippen LogP contribution in [0.5, 0.6) is 17.4 Å². The quantitative estimate of drug-likeness (QED) is 0.450. The van der Waals surface area contributed by atoms with Gasteiger partial charge in [-0.15, -0.1) is 11.3 Å². The van der Waals surface area contributed by atoms with Gasteiger partial charge in [-0.1, -0.05) is 0 Å². The highest BCUT2D eigenvalue weighted by atomic mass is 32.1. The monoisotopic (exact) mass is 428 g/mol. The molecular weight excluding hydrogens is 412 g/mol. The highest BCUT2D eigenvalue weighted by Crippen LogP contribution is 2.47. The van der Waals surface area contributed by atoms with Crippen molar-refractivity contribution >= 4 is 32.6 Å². The van der Waals surface area contributed by atoms with Gasteiger partial charge >= 0.3 is 0 Å². The first-order chi connectivity index (χ1) is 14.4. The molecular formula is C21H16F2N3O3S. The first-order valence-electron chi connectivity index (χ1n) is 9.14. The summed E-state index contributed by atoms with van der Waals surface area (Å²) in [6.45, 7) is 5.95. The molecule has 0 fully saturated rings. The second-order valence-corrected chi connectivity index (χ2v) is 7.93. The lowest BCUT2D eigenvalue weighted by molar-refractivity contribution is 0.120. The van der Waals surface area contributed by atoms with E-state index in [0.29, 0.717) is 37.9 Å². The maximum atomic E-state index is 13.8. The molecule has 0 saturated carbocycles. The lowest BCUT2D eigenvalue weighted by Gasteiger charge is -2.24. The number of benzene rings is 2. The Balaban J connectivity index is 1.78. The van der Waals surface area contributed by atoms with Gasteiger partial charge in [-0.3, -0.25) is 0 Å². The molecule has 1 atom stereocenters. The second kappa shape index (κ2) is 7.02. The SMILES string of the molecule is [CH2][C@@H]1COc2c(cc(C(F)F)c3nc(-c4cc(C)cc5nc(OC)cnc45)sc23)O1. The Kier molecular flexibility index (Phi) is 4.43. The van der Waals surface area contributed by atoms with Gasteiger partial charge in [0.25, 0.3) is 6.43 Å². The zero-order valence-corrected chi connectivity index (χ0v) is 16.9. The van der Waals surface area contributed by atoms with Crippen LogP contribution in [-0.2, 0) is 0 Å². The van der Waals surface area contributed by atoms with Gasteiger partial charge in [0.2, 0.25) is 5.88 Å². The fourth-order valence-corrected chi connectivity index (χ4v) is 4.57. The molecule has 0 bridgehead atoms. The number of methoxy groups -OCH3 is 1. The van der Waals surface area contributed by atoms with Crippen molar-refractivity contribution in [2.24, 2.45) is 0 Å². The van der Waals surface area contributed by atoms with Gasteiger partial charge in [0, 0.05) is 11.1 Å². The van der Waals surface area contributed by atoms with E-state index in [1.54, 1.807) is 0 Å². The number of hydrogen-bond donors (Lipinski definition) is 0. The second-order valence-electron chi connectivity index (χ2n) is 6.93. The van der Waals surface area contributed by atoms with Gasteiger partial charge in [0.1, 0.15) is 22.4 Å². The number of hydrogen-bond acceptors (Lipinski definition) is 7. The predicted octanol–water partition coefficient (Wildman–Crippen LogP) is 5.14. The molecule has 0 spiro atoms. The number of alkyl halides is 2. The summed E-state index contributed by atoms with van der Waals surface area (Å²) in [6.07, 6.45) is -1.65. The van der Waals surface area contributed by atoms with Crippen LogP contribution in [0.2, 0.25) is 0 Å². The highest BCUT2D eigenvalue weighted by Gasteiger charge is 2.28. The first kappa shape index (κ1) is 18.9. The van der Waals surface area contributed by atoms with Crippen molar-refractivity contribution in [3.8, 4) is 28.0 Å². The molecule has 0 N–H and O–H groups in total. The normalized spacial score (nSPS) is 15.9. The fraction of sp³-hybridized carbons (Fsp3) is 0.238. The van der Waals surface area contributed by atoms with Crippen molar-refractivity contribution in [3.05, 3.63) is 42.4 Å². The third-order valence-electron chi connectivity index (χ3n) is 4.77. The van der Waals surface area contributed by atoms with E-state index in [0.717, 1.165) is 5.56 Å². The molecule has 153 valence electrons. The van der Waals surface area contributed by atoms with E-state index >= 15 is 0 Å². The molecule has 4 aromatic rings. The molecule has 9 heteroatoms. The molecule has 0 amide bonds.